The molecule has 0 radical (unpaired) electrons. The maximum Gasteiger partial charge on any atom is 0.312 e. The molecule has 4 heteroatoms. The smallest absolute Gasteiger partial charge is 0.312 e. The Labute approximate surface area is 217 Å². The van der Waals surface area contributed by atoms with Gasteiger partial charge in [0.25, 0.3) is 0 Å². The molecule has 0 amide bonds. The van der Waals surface area contributed by atoms with E-state index in [1.165, 1.54) is 96.3 Å². The molecule has 0 bridgehead atoms. The first-order valence-corrected chi connectivity index (χ1v) is 15.4. The maximum atomic E-state index is 13.2. The Bertz CT molecular complexity index is 546. The highest BCUT2D eigenvalue weighted by molar-refractivity contribution is 5.84. The highest BCUT2D eigenvalue weighted by atomic mass is 16.5. The summed E-state index contributed by atoms with van der Waals surface area (Å²) in [5, 5.41) is 9.72. The molecule has 0 spiro atoms. The summed E-state index contributed by atoms with van der Waals surface area (Å²) in [6.07, 6.45) is 26.6. The minimum atomic E-state index is -0.875. The molecule has 1 N–H and O–H groups in total. The van der Waals surface area contributed by atoms with Crippen LogP contribution >= 0.6 is 0 Å². The van der Waals surface area contributed by atoms with Crippen molar-refractivity contribution in [3.05, 3.63) is 0 Å². The zero-order valence-electron chi connectivity index (χ0n) is 23.6. The normalized spacial score (nSPS) is 21.1. The predicted molar refractivity (Wildman–Crippen MR) is 147 cm³/mol. The van der Waals surface area contributed by atoms with Gasteiger partial charge in [-0.15, -0.1) is 0 Å². The van der Waals surface area contributed by atoms with Crippen LogP contribution in [-0.2, 0) is 14.3 Å². The number of rotatable bonds is 22. The van der Waals surface area contributed by atoms with E-state index >= 15 is 0 Å². The van der Waals surface area contributed by atoms with Crippen LogP contribution in [-0.4, -0.2) is 23.1 Å². The molecule has 0 aromatic rings. The van der Waals surface area contributed by atoms with Crippen molar-refractivity contribution in [1.29, 1.82) is 0 Å². The lowest BCUT2D eigenvalue weighted by molar-refractivity contribution is -0.174. The Morgan fingerprint density at radius 3 is 1.60 bits per heavy atom. The van der Waals surface area contributed by atoms with E-state index < -0.39 is 17.3 Å². The van der Waals surface area contributed by atoms with Crippen LogP contribution in [0.5, 0.6) is 0 Å². The number of carbonyl (C=O) groups excluding carboxylic acids is 1. The molecule has 0 aromatic carbocycles. The van der Waals surface area contributed by atoms with Gasteiger partial charge in [0.1, 0.15) is 6.10 Å². The zero-order chi connectivity index (χ0) is 25.8. The standard InChI is InChI=1S/C31H58O4/c1-4-6-8-10-12-13-14-16-18-20-24-27(23-19-17-15-11-9-7-5-2)35-30(34)31(3)26-22-21-25-28(31)29(32)33/h27-28H,4-26H2,1-3H3,(H,32,33). The molecule has 1 rings (SSSR count). The first-order chi connectivity index (χ1) is 17.0. The molecule has 3 unspecified atom stereocenters. The van der Waals surface area contributed by atoms with Crippen molar-refractivity contribution < 1.29 is 19.4 Å². The third-order valence-corrected chi connectivity index (χ3v) is 8.26. The predicted octanol–water partition coefficient (Wildman–Crippen LogP) is 9.63. The van der Waals surface area contributed by atoms with Crippen molar-refractivity contribution in [3.63, 3.8) is 0 Å². The van der Waals surface area contributed by atoms with Crippen LogP contribution in [0.25, 0.3) is 0 Å². The van der Waals surface area contributed by atoms with Crippen LogP contribution in [0.2, 0.25) is 0 Å². The van der Waals surface area contributed by atoms with Gasteiger partial charge >= 0.3 is 11.9 Å². The van der Waals surface area contributed by atoms with Gasteiger partial charge in [0, 0.05) is 0 Å². The number of ether oxygens (including phenoxy) is 1. The van der Waals surface area contributed by atoms with Crippen LogP contribution in [0.15, 0.2) is 0 Å². The lowest BCUT2D eigenvalue weighted by Gasteiger charge is -2.37. The number of aliphatic carboxylic acids is 1. The number of hydrogen-bond donors (Lipinski definition) is 1. The highest BCUT2D eigenvalue weighted by Crippen LogP contribution is 2.42. The second kappa shape index (κ2) is 20.0. The Hall–Kier alpha value is -1.06. The Balaban J connectivity index is 2.46. The third-order valence-electron chi connectivity index (χ3n) is 8.26. The molecule has 0 aromatic heterocycles. The first-order valence-electron chi connectivity index (χ1n) is 15.4. The van der Waals surface area contributed by atoms with Crippen LogP contribution in [0, 0.1) is 11.3 Å². The molecule has 0 aliphatic heterocycles. The Morgan fingerprint density at radius 1 is 0.743 bits per heavy atom. The summed E-state index contributed by atoms with van der Waals surface area (Å²) < 4.78 is 6.10. The molecule has 4 nitrogen and oxygen atoms in total. The summed E-state index contributed by atoms with van der Waals surface area (Å²) in [7, 11) is 0. The van der Waals surface area contributed by atoms with Crippen LogP contribution in [0.1, 0.15) is 168 Å². The van der Waals surface area contributed by atoms with Crippen molar-refractivity contribution >= 4 is 11.9 Å². The summed E-state index contributed by atoms with van der Waals surface area (Å²) in [4.78, 5) is 25.1. The van der Waals surface area contributed by atoms with Crippen LogP contribution in [0.4, 0.5) is 0 Å². The molecule has 1 saturated carbocycles. The SMILES string of the molecule is CCCCCCCCCCCCC(CCCCCCCCC)OC(=O)C1(C)CCCCC1C(=O)O. The van der Waals surface area contributed by atoms with E-state index in [0.717, 1.165) is 38.5 Å². The number of esters is 1. The summed E-state index contributed by atoms with van der Waals surface area (Å²) >= 11 is 0. The summed E-state index contributed by atoms with van der Waals surface area (Å²) in [6, 6.07) is 0. The van der Waals surface area contributed by atoms with Crippen LogP contribution < -0.4 is 0 Å². The van der Waals surface area contributed by atoms with Crippen molar-refractivity contribution in [2.24, 2.45) is 11.3 Å². The minimum Gasteiger partial charge on any atom is -0.481 e. The molecule has 1 fully saturated rings. The fourth-order valence-electron chi connectivity index (χ4n) is 5.71. The molecule has 35 heavy (non-hydrogen) atoms. The second-order valence-corrected chi connectivity index (χ2v) is 11.5. The zero-order valence-corrected chi connectivity index (χ0v) is 23.6. The lowest BCUT2D eigenvalue weighted by atomic mass is 9.67. The molecule has 0 heterocycles. The van der Waals surface area contributed by atoms with Gasteiger partial charge in [-0.1, -0.05) is 123 Å². The quantitative estimate of drug-likeness (QED) is 0.120. The van der Waals surface area contributed by atoms with E-state index in [0.29, 0.717) is 12.8 Å². The van der Waals surface area contributed by atoms with Gasteiger partial charge < -0.3 is 9.84 Å². The van der Waals surface area contributed by atoms with E-state index in [-0.39, 0.29) is 12.1 Å². The van der Waals surface area contributed by atoms with Gasteiger partial charge in [-0.25, -0.2) is 0 Å². The number of hydrogen-bond acceptors (Lipinski definition) is 3. The molecular weight excluding hydrogens is 436 g/mol. The summed E-state index contributed by atoms with van der Waals surface area (Å²) in [5.41, 5.74) is -0.875. The molecule has 3 atom stereocenters. The van der Waals surface area contributed by atoms with Crippen LogP contribution in [0.3, 0.4) is 0 Å². The summed E-state index contributed by atoms with van der Waals surface area (Å²) in [6.45, 7) is 6.34. The number of carboxylic acids is 1. The monoisotopic (exact) mass is 494 g/mol. The third kappa shape index (κ3) is 13.7. The van der Waals surface area contributed by atoms with E-state index in [1.54, 1.807) is 0 Å². The van der Waals surface area contributed by atoms with Crippen molar-refractivity contribution in [2.45, 2.75) is 175 Å². The second-order valence-electron chi connectivity index (χ2n) is 11.5. The fraction of sp³-hybridized carbons (Fsp3) is 0.935. The molecule has 206 valence electrons. The maximum absolute atomic E-state index is 13.2. The van der Waals surface area contributed by atoms with E-state index in [9.17, 15) is 14.7 Å². The molecular formula is C31H58O4. The number of carbonyl (C=O) groups is 2. The van der Waals surface area contributed by atoms with Gasteiger partial charge in [-0.2, -0.15) is 0 Å². The van der Waals surface area contributed by atoms with Crippen molar-refractivity contribution in [2.75, 3.05) is 0 Å². The summed E-state index contributed by atoms with van der Waals surface area (Å²) in [5.74, 6) is -1.72. The van der Waals surface area contributed by atoms with Gasteiger partial charge in [-0.05, 0) is 45.4 Å². The Morgan fingerprint density at radius 2 is 1.17 bits per heavy atom. The lowest BCUT2D eigenvalue weighted by Crippen LogP contribution is -2.44. The van der Waals surface area contributed by atoms with Crippen molar-refractivity contribution in [1.82, 2.24) is 0 Å². The molecule has 0 saturated heterocycles. The molecule has 1 aliphatic carbocycles. The van der Waals surface area contributed by atoms with E-state index in [4.69, 9.17) is 4.74 Å². The van der Waals surface area contributed by atoms with Crippen molar-refractivity contribution in [3.8, 4) is 0 Å². The number of carboxylic acid groups (broad SMARTS) is 1. The van der Waals surface area contributed by atoms with E-state index in [1.807, 2.05) is 6.92 Å². The van der Waals surface area contributed by atoms with E-state index in [2.05, 4.69) is 13.8 Å². The van der Waals surface area contributed by atoms with Gasteiger partial charge in [0.05, 0.1) is 11.3 Å². The average molecular weight is 495 g/mol. The largest absolute Gasteiger partial charge is 0.481 e. The van der Waals surface area contributed by atoms with Gasteiger partial charge in [0.15, 0.2) is 0 Å². The number of unbranched alkanes of at least 4 members (excludes halogenated alkanes) is 15. The fourth-order valence-corrected chi connectivity index (χ4v) is 5.71. The first kappa shape index (κ1) is 32.0. The minimum absolute atomic E-state index is 0.0552. The Kier molecular flexibility index (Phi) is 18.3. The van der Waals surface area contributed by atoms with Gasteiger partial charge in [0.2, 0.25) is 0 Å². The average Bonchev–Trinajstić information content (AvgIpc) is 2.84. The van der Waals surface area contributed by atoms with Gasteiger partial charge in [-0.3, -0.25) is 9.59 Å². The topological polar surface area (TPSA) is 63.6 Å². The highest BCUT2D eigenvalue weighted by Gasteiger charge is 2.48. The molecule has 1 aliphatic rings.